The van der Waals surface area contributed by atoms with E-state index < -0.39 is 0 Å². The van der Waals surface area contributed by atoms with Gasteiger partial charge in [-0.3, -0.25) is 9.88 Å². The Bertz CT molecular complexity index is 580. The van der Waals surface area contributed by atoms with Crippen molar-refractivity contribution in [1.29, 1.82) is 0 Å². The first-order valence-electron chi connectivity index (χ1n) is 7.21. The Balaban J connectivity index is 1.85. The van der Waals surface area contributed by atoms with E-state index in [4.69, 9.17) is 4.98 Å². The molecule has 1 aliphatic rings. The third kappa shape index (κ3) is 2.85. The van der Waals surface area contributed by atoms with Gasteiger partial charge in [0, 0.05) is 32.0 Å². The molecule has 0 amide bonds. The summed E-state index contributed by atoms with van der Waals surface area (Å²) >= 11 is 0. The summed E-state index contributed by atoms with van der Waals surface area (Å²) in [5.41, 5.74) is 3.29. The van der Waals surface area contributed by atoms with E-state index in [2.05, 4.69) is 28.7 Å². The Morgan fingerprint density at radius 1 is 1.25 bits per heavy atom. The molecule has 0 bridgehead atoms. The summed E-state index contributed by atoms with van der Waals surface area (Å²) in [6.45, 7) is 7.68. The fraction of sp³-hybridized carbons (Fsp3) is 0.438. The van der Waals surface area contributed by atoms with Gasteiger partial charge in [0.15, 0.2) is 5.82 Å². The maximum Gasteiger partial charge on any atom is 0.178 e. The van der Waals surface area contributed by atoms with E-state index >= 15 is 0 Å². The molecule has 0 saturated carbocycles. The molecule has 0 fully saturated rings. The topological polar surface area (TPSA) is 41.9 Å². The first-order chi connectivity index (χ1) is 9.72. The molecule has 20 heavy (non-hydrogen) atoms. The third-order valence-corrected chi connectivity index (χ3v) is 3.54. The number of aromatic nitrogens is 3. The Kier molecular flexibility index (Phi) is 3.74. The van der Waals surface area contributed by atoms with E-state index in [0.717, 1.165) is 43.3 Å². The molecule has 2 aromatic heterocycles. The van der Waals surface area contributed by atoms with Crippen molar-refractivity contribution in [2.75, 3.05) is 13.1 Å². The number of hydrogen-bond donors (Lipinski definition) is 0. The lowest BCUT2D eigenvalue weighted by Gasteiger charge is -2.29. The molecule has 0 unspecified atom stereocenters. The largest absolute Gasteiger partial charge is 0.297 e. The van der Waals surface area contributed by atoms with Crippen LogP contribution >= 0.6 is 0 Å². The van der Waals surface area contributed by atoms with E-state index in [1.165, 1.54) is 5.56 Å². The van der Waals surface area contributed by atoms with E-state index in [9.17, 15) is 0 Å². The van der Waals surface area contributed by atoms with Gasteiger partial charge in [-0.1, -0.05) is 19.9 Å². The van der Waals surface area contributed by atoms with E-state index in [0.29, 0.717) is 5.92 Å². The molecule has 0 atom stereocenters. The molecule has 0 N–H and O–H groups in total. The van der Waals surface area contributed by atoms with E-state index in [1.807, 2.05) is 24.4 Å². The third-order valence-electron chi connectivity index (χ3n) is 3.54. The van der Waals surface area contributed by atoms with Gasteiger partial charge in [0.25, 0.3) is 0 Å². The van der Waals surface area contributed by atoms with Crippen LogP contribution in [0.2, 0.25) is 0 Å². The molecule has 3 heterocycles. The van der Waals surface area contributed by atoms with Crippen molar-refractivity contribution >= 4 is 0 Å². The Hall–Kier alpha value is -1.81. The molecular weight excluding hydrogens is 248 g/mol. The van der Waals surface area contributed by atoms with Gasteiger partial charge in [0.05, 0.1) is 5.69 Å². The second kappa shape index (κ2) is 5.67. The molecule has 2 aromatic rings. The first kappa shape index (κ1) is 13.2. The van der Waals surface area contributed by atoms with Crippen molar-refractivity contribution in [3.05, 3.63) is 41.9 Å². The van der Waals surface area contributed by atoms with Crippen molar-refractivity contribution in [3.8, 4) is 11.5 Å². The SMILES string of the molecule is CC(C)CN1CCc2cnc(-c3ccccn3)nc2C1. The van der Waals surface area contributed by atoms with Crippen LogP contribution in [0.1, 0.15) is 25.1 Å². The minimum absolute atomic E-state index is 0.689. The molecule has 0 saturated heterocycles. The van der Waals surface area contributed by atoms with Gasteiger partial charge in [-0.25, -0.2) is 9.97 Å². The van der Waals surface area contributed by atoms with Crippen LogP contribution in [-0.4, -0.2) is 32.9 Å². The Morgan fingerprint density at radius 3 is 2.90 bits per heavy atom. The van der Waals surface area contributed by atoms with E-state index in [1.54, 1.807) is 6.20 Å². The average Bonchev–Trinajstić information content (AvgIpc) is 2.47. The normalized spacial score (nSPS) is 15.3. The van der Waals surface area contributed by atoms with Crippen molar-refractivity contribution in [2.45, 2.75) is 26.8 Å². The fourth-order valence-electron chi connectivity index (χ4n) is 2.65. The highest BCUT2D eigenvalue weighted by Crippen LogP contribution is 2.20. The lowest BCUT2D eigenvalue weighted by atomic mass is 10.1. The predicted molar refractivity (Wildman–Crippen MR) is 79.1 cm³/mol. The molecule has 4 nitrogen and oxygen atoms in total. The zero-order valence-corrected chi connectivity index (χ0v) is 12.1. The maximum absolute atomic E-state index is 4.73. The van der Waals surface area contributed by atoms with Gasteiger partial charge >= 0.3 is 0 Å². The number of fused-ring (bicyclic) bond motifs is 1. The van der Waals surface area contributed by atoms with Crippen LogP contribution in [-0.2, 0) is 13.0 Å². The molecule has 0 spiro atoms. The molecule has 3 rings (SSSR count). The second-order valence-corrected chi connectivity index (χ2v) is 5.76. The quantitative estimate of drug-likeness (QED) is 0.858. The van der Waals surface area contributed by atoms with Crippen LogP contribution < -0.4 is 0 Å². The summed E-state index contributed by atoms with van der Waals surface area (Å²) in [6.07, 6.45) is 4.80. The zero-order valence-electron chi connectivity index (χ0n) is 12.1. The summed E-state index contributed by atoms with van der Waals surface area (Å²) in [4.78, 5) is 16.0. The standard InChI is InChI=1S/C16H20N4/c1-12(2)10-20-8-6-13-9-18-16(19-15(13)11-20)14-5-3-4-7-17-14/h3-5,7,9,12H,6,8,10-11H2,1-2H3. The zero-order chi connectivity index (χ0) is 13.9. The molecule has 0 aliphatic carbocycles. The van der Waals surface area contributed by atoms with Gasteiger partial charge < -0.3 is 0 Å². The molecule has 104 valence electrons. The van der Waals surface area contributed by atoms with Crippen LogP contribution in [0.5, 0.6) is 0 Å². The van der Waals surface area contributed by atoms with Crippen LogP contribution in [0.3, 0.4) is 0 Å². The van der Waals surface area contributed by atoms with Gasteiger partial charge in [0.2, 0.25) is 0 Å². The van der Waals surface area contributed by atoms with Crippen LogP contribution in [0, 0.1) is 5.92 Å². The summed E-state index contributed by atoms with van der Waals surface area (Å²) in [7, 11) is 0. The lowest BCUT2D eigenvalue weighted by molar-refractivity contribution is 0.223. The minimum atomic E-state index is 0.689. The van der Waals surface area contributed by atoms with Crippen molar-refractivity contribution < 1.29 is 0 Å². The summed E-state index contributed by atoms with van der Waals surface area (Å²) in [5.74, 6) is 1.42. The number of hydrogen-bond acceptors (Lipinski definition) is 4. The smallest absolute Gasteiger partial charge is 0.178 e. The predicted octanol–water partition coefficient (Wildman–Crippen LogP) is 2.55. The highest BCUT2D eigenvalue weighted by atomic mass is 15.1. The van der Waals surface area contributed by atoms with Gasteiger partial charge in [-0.05, 0) is 30.0 Å². The van der Waals surface area contributed by atoms with Crippen LogP contribution in [0.25, 0.3) is 11.5 Å². The number of rotatable bonds is 3. The van der Waals surface area contributed by atoms with Gasteiger partial charge in [-0.15, -0.1) is 0 Å². The molecule has 0 radical (unpaired) electrons. The maximum atomic E-state index is 4.73. The highest BCUT2D eigenvalue weighted by Gasteiger charge is 2.19. The average molecular weight is 268 g/mol. The fourth-order valence-corrected chi connectivity index (χ4v) is 2.65. The van der Waals surface area contributed by atoms with Crippen molar-refractivity contribution in [1.82, 2.24) is 19.9 Å². The number of pyridine rings is 1. The van der Waals surface area contributed by atoms with Crippen LogP contribution in [0.15, 0.2) is 30.6 Å². The van der Waals surface area contributed by atoms with Crippen LogP contribution in [0.4, 0.5) is 0 Å². The Labute approximate surface area is 119 Å². The monoisotopic (exact) mass is 268 g/mol. The van der Waals surface area contributed by atoms with Gasteiger partial charge in [-0.2, -0.15) is 0 Å². The van der Waals surface area contributed by atoms with Gasteiger partial charge in [0.1, 0.15) is 5.69 Å². The van der Waals surface area contributed by atoms with Crippen molar-refractivity contribution in [2.24, 2.45) is 5.92 Å². The van der Waals surface area contributed by atoms with Crippen molar-refractivity contribution in [3.63, 3.8) is 0 Å². The molecule has 4 heteroatoms. The molecule has 1 aliphatic heterocycles. The first-order valence-corrected chi connectivity index (χ1v) is 7.21. The highest BCUT2D eigenvalue weighted by molar-refractivity contribution is 5.49. The Morgan fingerprint density at radius 2 is 2.15 bits per heavy atom. The minimum Gasteiger partial charge on any atom is -0.297 e. The number of nitrogens with zero attached hydrogens (tertiary/aromatic N) is 4. The molecule has 0 aromatic carbocycles. The second-order valence-electron chi connectivity index (χ2n) is 5.76. The summed E-state index contributed by atoms with van der Waals surface area (Å²) in [5, 5.41) is 0. The summed E-state index contributed by atoms with van der Waals surface area (Å²) < 4.78 is 0. The summed E-state index contributed by atoms with van der Waals surface area (Å²) in [6, 6.07) is 5.83. The lowest BCUT2D eigenvalue weighted by Crippen LogP contribution is -2.34. The van der Waals surface area contributed by atoms with E-state index in [-0.39, 0.29) is 0 Å². The molecular formula is C16H20N4.